The number of rotatable bonds is 4. The number of carbonyl (C=O) groups is 1. The van der Waals surface area contributed by atoms with Gasteiger partial charge in [-0.15, -0.1) is 0 Å². The van der Waals surface area contributed by atoms with Gasteiger partial charge in [-0.1, -0.05) is 18.2 Å². The van der Waals surface area contributed by atoms with Crippen LogP contribution in [0.1, 0.15) is 17.5 Å². The zero-order valence-corrected chi connectivity index (χ0v) is 9.30. The summed E-state index contributed by atoms with van der Waals surface area (Å²) in [5.41, 5.74) is 8.41. The van der Waals surface area contributed by atoms with Gasteiger partial charge in [0.2, 0.25) is 0 Å². The summed E-state index contributed by atoms with van der Waals surface area (Å²) in [6.45, 7) is 0.387. The molecule has 1 unspecified atom stereocenters. The van der Waals surface area contributed by atoms with E-state index in [0.717, 1.165) is 16.6 Å². The second-order valence-electron chi connectivity index (χ2n) is 4.26. The molecule has 1 aromatic carbocycles. The summed E-state index contributed by atoms with van der Waals surface area (Å²) in [7, 11) is -0.841. The lowest BCUT2D eigenvalue weighted by atomic mass is 9.79. The number of nitrogens with two attached hydrogens (primary N) is 1. The Morgan fingerprint density at radius 3 is 3.06 bits per heavy atom. The van der Waals surface area contributed by atoms with E-state index in [2.05, 4.69) is 0 Å². The van der Waals surface area contributed by atoms with Gasteiger partial charge < -0.3 is 20.5 Å². The average molecular weight is 235 g/mol. The van der Waals surface area contributed by atoms with Crippen LogP contribution in [0.25, 0.3) is 0 Å². The third-order valence-electron chi connectivity index (χ3n) is 2.80. The normalized spacial score (nSPS) is 15.8. The van der Waals surface area contributed by atoms with Gasteiger partial charge >= 0.3 is 13.1 Å². The van der Waals surface area contributed by atoms with Crippen molar-refractivity contribution in [2.75, 3.05) is 0 Å². The van der Waals surface area contributed by atoms with E-state index in [4.69, 9.17) is 15.5 Å². The molecule has 2 rings (SSSR count). The molecule has 0 amide bonds. The van der Waals surface area contributed by atoms with Gasteiger partial charge in [-0.3, -0.25) is 4.79 Å². The molecule has 0 aliphatic carbocycles. The molecule has 0 bridgehead atoms. The summed E-state index contributed by atoms with van der Waals surface area (Å²) < 4.78 is 5.08. The third kappa shape index (κ3) is 2.85. The van der Waals surface area contributed by atoms with Crippen molar-refractivity contribution in [3.63, 3.8) is 0 Å². The van der Waals surface area contributed by atoms with E-state index < -0.39 is 19.1 Å². The van der Waals surface area contributed by atoms with E-state index in [1.54, 1.807) is 6.07 Å². The number of benzene rings is 1. The summed E-state index contributed by atoms with van der Waals surface area (Å²) in [5, 5.41) is 18.1. The Bertz CT molecular complexity index is 437. The van der Waals surface area contributed by atoms with Crippen LogP contribution in [0.5, 0.6) is 0 Å². The van der Waals surface area contributed by atoms with Crippen molar-refractivity contribution in [1.82, 2.24) is 0 Å². The van der Waals surface area contributed by atoms with Gasteiger partial charge in [-0.05, 0) is 23.0 Å². The molecule has 0 aromatic heterocycles. The van der Waals surface area contributed by atoms with Gasteiger partial charge in [0.1, 0.15) is 0 Å². The van der Waals surface area contributed by atoms with Crippen molar-refractivity contribution in [2.45, 2.75) is 25.5 Å². The smallest absolute Gasteiger partial charge is 0.481 e. The Morgan fingerprint density at radius 2 is 2.35 bits per heavy atom. The first kappa shape index (κ1) is 12.1. The van der Waals surface area contributed by atoms with Crippen LogP contribution in [0.2, 0.25) is 0 Å². The van der Waals surface area contributed by atoms with Crippen LogP contribution >= 0.6 is 0 Å². The molecule has 6 heteroatoms. The van der Waals surface area contributed by atoms with Gasteiger partial charge in [-0.2, -0.15) is 0 Å². The minimum Gasteiger partial charge on any atom is -0.481 e. The Hall–Kier alpha value is -1.37. The van der Waals surface area contributed by atoms with Crippen LogP contribution in [0.15, 0.2) is 18.2 Å². The monoisotopic (exact) mass is 235 g/mol. The van der Waals surface area contributed by atoms with E-state index in [1.165, 1.54) is 0 Å². The van der Waals surface area contributed by atoms with Crippen LogP contribution in [0.4, 0.5) is 0 Å². The fourth-order valence-corrected chi connectivity index (χ4v) is 2.01. The molecule has 1 aliphatic heterocycles. The molecule has 4 N–H and O–H groups in total. The van der Waals surface area contributed by atoms with Crippen LogP contribution in [-0.2, 0) is 22.5 Å². The van der Waals surface area contributed by atoms with E-state index in [1.807, 2.05) is 12.1 Å². The highest BCUT2D eigenvalue weighted by Crippen LogP contribution is 2.13. The zero-order valence-electron chi connectivity index (χ0n) is 9.30. The fraction of sp³-hybridized carbons (Fsp3) is 0.364. The summed E-state index contributed by atoms with van der Waals surface area (Å²) in [5.74, 6) is -0.891. The Labute approximate surface area is 99.3 Å². The molecule has 17 heavy (non-hydrogen) atoms. The Morgan fingerprint density at radius 1 is 1.59 bits per heavy atom. The number of aliphatic carboxylic acids is 1. The number of fused-ring (bicyclic) bond motifs is 1. The Balaban J connectivity index is 2.06. The molecule has 1 heterocycles. The number of carboxylic acid groups (broad SMARTS) is 1. The van der Waals surface area contributed by atoms with E-state index >= 15 is 0 Å². The molecular formula is C11H14BNO4. The summed E-state index contributed by atoms with van der Waals surface area (Å²) in [4.78, 5) is 10.5. The molecule has 0 saturated carbocycles. The van der Waals surface area contributed by atoms with Crippen LogP contribution in [0, 0.1) is 0 Å². The molecule has 5 nitrogen and oxygen atoms in total. The topological polar surface area (TPSA) is 92.8 Å². The second kappa shape index (κ2) is 4.87. The lowest BCUT2D eigenvalue weighted by Gasteiger charge is -2.10. The average Bonchev–Trinajstić information content (AvgIpc) is 2.58. The van der Waals surface area contributed by atoms with E-state index in [-0.39, 0.29) is 6.42 Å². The minimum atomic E-state index is -0.891. The van der Waals surface area contributed by atoms with Crippen LogP contribution in [-0.4, -0.2) is 29.3 Å². The van der Waals surface area contributed by atoms with E-state index in [9.17, 15) is 9.82 Å². The summed E-state index contributed by atoms with van der Waals surface area (Å²) >= 11 is 0. The fourth-order valence-electron chi connectivity index (χ4n) is 2.01. The zero-order chi connectivity index (χ0) is 12.4. The molecule has 1 aromatic rings. The van der Waals surface area contributed by atoms with Gasteiger partial charge in [0.25, 0.3) is 0 Å². The van der Waals surface area contributed by atoms with Crippen LogP contribution < -0.4 is 11.2 Å². The number of carboxylic acids is 1. The van der Waals surface area contributed by atoms with Gasteiger partial charge in [-0.25, -0.2) is 0 Å². The maximum absolute atomic E-state index is 10.5. The molecule has 0 radical (unpaired) electrons. The lowest BCUT2D eigenvalue weighted by molar-refractivity contribution is -0.137. The van der Waals surface area contributed by atoms with Crippen molar-refractivity contribution < 1.29 is 19.6 Å². The molecule has 1 atom stereocenters. The highest BCUT2D eigenvalue weighted by atomic mass is 16.5. The lowest BCUT2D eigenvalue weighted by Crippen LogP contribution is -2.29. The number of hydrogen-bond donors (Lipinski definition) is 3. The summed E-state index contributed by atoms with van der Waals surface area (Å²) in [6, 6.07) is 5.17. The molecular weight excluding hydrogens is 221 g/mol. The van der Waals surface area contributed by atoms with Crippen molar-refractivity contribution in [3.8, 4) is 0 Å². The van der Waals surface area contributed by atoms with E-state index in [0.29, 0.717) is 13.0 Å². The highest BCUT2D eigenvalue weighted by molar-refractivity contribution is 6.61. The van der Waals surface area contributed by atoms with Crippen LogP contribution in [0.3, 0.4) is 0 Å². The molecule has 90 valence electrons. The number of hydrogen-bond acceptors (Lipinski definition) is 4. The first-order valence-electron chi connectivity index (χ1n) is 5.45. The minimum absolute atomic E-state index is 0.0454. The quantitative estimate of drug-likeness (QED) is 0.597. The van der Waals surface area contributed by atoms with Crippen molar-refractivity contribution >= 4 is 18.6 Å². The third-order valence-corrected chi connectivity index (χ3v) is 2.80. The molecule has 0 spiro atoms. The first-order valence-corrected chi connectivity index (χ1v) is 5.45. The van der Waals surface area contributed by atoms with Crippen molar-refractivity contribution in [3.05, 3.63) is 29.3 Å². The van der Waals surface area contributed by atoms with Gasteiger partial charge in [0, 0.05) is 6.04 Å². The SMILES string of the molecule is NC(CC(=O)O)Cc1ccc2c(c1)COB2O. The predicted octanol–water partition coefficient (Wildman–Crippen LogP) is -0.751. The maximum Gasteiger partial charge on any atom is 0.491 e. The predicted molar refractivity (Wildman–Crippen MR) is 62.8 cm³/mol. The summed E-state index contributed by atoms with van der Waals surface area (Å²) in [6.07, 6.45) is 0.464. The molecule has 0 fully saturated rings. The highest BCUT2D eigenvalue weighted by Gasteiger charge is 2.27. The maximum atomic E-state index is 10.5. The standard InChI is InChI=1S/C11H14BNO4/c13-9(5-11(14)15)4-7-1-2-10-8(3-7)6-17-12(10)16/h1-3,9,16H,4-6,13H2,(H,14,15). The van der Waals surface area contributed by atoms with Crippen molar-refractivity contribution in [1.29, 1.82) is 0 Å². The van der Waals surface area contributed by atoms with Gasteiger partial charge in [0.05, 0.1) is 13.0 Å². The van der Waals surface area contributed by atoms with Gasteiger partial charge in [0.15, 0.2) is 0 Å². The second-order valence-corrected chi connectivity index (χ2v) is 4.26. The first-order chi connectivity index (χ1) is 8.06. The Kier molecular flexibility index (Phi) is 3.47. The largest absolute Gasteiger partial charge is 0.491 e. The van der Waals surface area contributed by atoms with Crippen molar-refractivity contribution in [2.24, 2.45) is 5.73 Å². The molecule has 1 aliphatic rings. The molecule has 0 saturated heterocycles.